The van der Waals surface area contributed by atoms with Crippen LogP contribution in [0.3, 0.4) is 0 Å². The molecule has 0 radical (unpaired) electrons. The maximum absolute atomic E-state index is 12.8. The number of hydrogen-bond acceptors (Lipinski definition) is 7. The zero-order chi connectivity index (χ0) is 21.8. The fourth-order valence-electron chi connectivity index (χ4n) is 2.97. The van der Waals surface area contributed by atoms with Gasteiger partial charge in [0.2, 0.25) is 5.91 Å². The molecular formula is C20H22N4O5S. The number of pyridine rings is 1. The smallest absolute Gasteiger partial charge is 0.332 e. The number of thioether (sulfide) groups is 1. The lowest BCUT2D eigenvalue weighted by Gasteiger charge is -2.14. The number of benzene rings is 1. The molecule has 2 heterocycles. The summed E-state index contributed by atoms with van der Waals surface area (Å²) in [6.45, 7) is 0.220. The van der Waals surface area contributed by atoms with Crippen molar-refractivity contribution in [3.8, 4) is 5.75 Å². The van der Waals surface area contributed by atoms with E-state index in [4.69, 9.17) is 9.47 Å². The molecule has 0 aliphatic rings. The summed E-state index contributed by atoms with van der Waals surface area (Å²) in [5.74, 6) is 0.518. The van der Waals surface area contributed by atoms with Crippen LogP contribution < -0.4 is 21.3 Å². The van der Waals surface area contributed by atoms with Crippen molar-refractivity contribution in [2.24, 2.45) is 14.1 Å². The average molecular weight is 430 g/mol. The lowest BCUT2D eigenvalue weighted by molar-refractivity contribution is -0.113. The van der Waals surface area contributed by atoms with Crippen LogP contribution in [0.5, 0.6) is 5.75 Å². The van der Waals surface area contributed by atoms with Gasteiger partial charge in [0.25, 0.3) is 5.56 Å². The second-order valence-electron chi connectivity index (χ2n) is 6.52. The molecule has 0 saturated carbocycles. The van der Waals surface area contributed by atoms with E-state index >= 15 is 0 Å². The summed E-state index contributed by atoms with van der Waals surface area (Å²) in [5, 5.41) is 3.10. The van der Waals surface area contributed by atoms with Gasteiger partial charge in [0.1, 0.15) is 11.4 Å². The number of amides is 1. The van der Waals surface area contributed by atoms with Crippen molar-refractivity contribution in [1.82, 2.24) is 14.1 Å². The van der Waals surface area contributed by atoms with E-state index in [1.807, 2.05) is 0 Å². The Labute approximate surface area is 176 Å². The van der Waals surface area contributed by atoms with Crippen LogP contribution in [0.2, 0.25) is 0 Å². The fourth-order valence-corrected chi connectivity index (χ4v) is 3.94. The minimum atomic E-state index is -0.465. The fraction of sp³-hybridized carbons (Fsp3) is 0.300. The molecule has 0 spiro atoms. The van der Waals surface area contributed by atoms with Gasteiger partial charge in [-0.3, -0.25) is 18.7 Å². The summed E-state index contributed by atoms with van der Waals surface area (Å²) in [7, 11) is 6.07. The standard InChI is InChI=1S/C20H22N4O5S/c1-23-18-16(19(26)24(2)20(23)27)17(12(9-21-18)10-28-3)30-11-15(25)22-13-5-7-14(29-4)8-6-13/h5-9H,10-11H2,1-4H3,(H,22,25). The zero-order valence-corrected chi connectivity index (χ0v) is 17.9. The van der Waals surface area contributed by atoms with E-state index in [0.29, 0.717) is 21.9 Å². The molecule has 158 valence electrons. The quantitative estimate of drug-likeness (QED) is 0.567. The molecule has 3 rings (SSSR count). The molecule has 2 aromatic heterocycles. The summed E-state index contributed by atoms with van der Waals surface area (Å²) < 4.78 is 12.7. The Morgan fingerprint density at radius 3 is 2.47 bits per heavy atom. The van der Waals surface area contributed by atoms with Gasteiger partial charge in [-0.2, -0.15) is 0 Å². The topological polar surface area (TPSA) is 104 Å². The molecule has 10 heteroatoms. The Kier molecular flexibility index (Phi) is 6.58. The first kappa shape index (κ1) is 21.6. The molecule has 1 N–H and O–H groups in total. The molecule has 0 bridgehead atoms. The lowest BCUT2D eigenvalue weighted by atomic mass is 10.2. The predicted molar refractivity (Wildman–Crippen MR) is 115 cm³/mol. The highest BCUT2D eigenvalue weighted by molar-refractivity contribution is 8.00. The van der Waals surface area contributed by atoms with Gasteiger partial charge in [-0.1, -0.05) is 0 Å². The van der Waals surface area contributed by atoms with Gasteiger partial charge in [-0.25, -0.2) is 9.78 Å². The SMILES string of the molecule is COCc1cnc2c(c1SCC(=O)Nc1ccc(OC)cc1)c(=O)n(C)c(=O)n2C. The highest BCUT2D eigenvalue weighted by Crippen LogP contribution is 2.28. The third-order valence-electron chi connectivity index (χ3n) is 4.52. The number of methoxy groups -OCH3 is 2. The summed E-state index contributed by atoms with van der Waals surface area (Å²) in [4.78, 5) is 42.4. The van der Waals surface area contributed by atoms with Crippen LogP contribution in [0, 0.1) is 0 Å². The van der Waals surface area contributed by atoms with Gasteiger partial charge < -0.3 is 14.8 Å². The van der Waals surface area contributed by atoms with Crippen LogP contribution in [0.25, 0.3) is 11.0 Å². The highest BCUT2D eigenvalue weighted by atomic mass is 32.2. The van der Waals surface area contributed by atoms with E-state index in [1.165, 1.54) is 30.5 Å². The second kappa shape index (κ2) is 9.14. The number of anilines is 1. The highest BCUT2D eigenvalue weighted by Gasteiger charge is 2.18. The van der Waals surface area contributed by atoms with Crippen LogP contribution in [-0.2, 0) is 30.2 Å². The first-order valence-electron chi connectivity index (χ1n) is 9.00. The van der Waals surface area contributed by atoms with Crippen molar-refractivity contribution in [1.29, 1.82) is 0 Å². The third-order valence-corrected chi connectivity index (χ3v) is 5.68. The number of rotatable bonds is 7. The molecule has 0 atom stereocenters. The third kappa shape index (κ3) is 4.24. The van der Waals surface area contributed by atoms with Crippen molar-refractivity contribution >= 4 is 34.4 Å². The zero-order valence-electron chi connectivity index (χ0n) is 17.1. The molecule has 1 amide bonds. The maximum atomic E-state index is 12.8. The molecule has 30 heavy (non-hydrogen) atoms. The van der Waals surface area contributed by atoms with E-state index in [-0.39, 0.29) is 29.3 Å². The largest absolute Gasteiger partial charge is 0.497 e. The number of fused-ring (bicyclic) bond motifs is 1. The molecule has 0 saturated heterocycles. The molecule has 0 aliphatic carbocycles. The number of nitrogens with zero attached hydrogens (tertiary/aromatic N) is 3. The molecule has 1 aromatic carbocycles. The number of carbonyl (C=O) groups excluding carboxylic acids is 1. The number of nitrogens with one attached hydrogen (secondary N) is 1. The van der Waals surface area contributed by atoms with E-state index in [2.05, 4.69) is 10.3 Å². The van der Waals surface area contributed by atoms with Crippen molar-refractivity contribution in [2.75, 3.05) is 25.3 Å². The molecule has 9 nitrogen and oxygen atoms in total. The maximum Gasteiger partial charge on any atom is 0.332 e. The summed E-state index contributed by atoms with van der Waals surface area (Å²) in [5.41, 5.74) is 0.643. The predicted octanol–water partition coefficient (Wildman–Crippen LogP) is 1.52. The molecule has 3 aromatic rings. The average Bonchev–Trinajstić information content (AvgIpc) is 2.75. The molecule has 0 unspecified atom stereocenters. The summed E-state index contributed by atoms with van der Waals surface area (Å²) in [6, 6.07) is 6.98. The van der Waals surface area contributed by atoms with Crippen molar-refractivity contribution < 1.29 is 14.3 Å². The Morgan fingerprint density at radius 2 is 1.83 bits per heavy atom. The first-order valence-corrected chi connectivity index (χ1v) is 9.99. The van der Waals surface area contributed by atoms with Gasteiger partial charge in [0, 0.05) is 43.5 Å². The molecule has 0 fully saturated rings. The van der Waals surface area contributed by atoms with Crippen LogP contribution in [0.4, 0.5) is 5.69 Å². The van der Waals surface area contributed by atoms with Crippen LogP contribution >= 0.6 is 11.8 Å². The Hall–Kier alpha value is -3.11. The van der Waals surface area contributed by atoms with Crippen LogP contribution in [-0.4, -0.2) is 40.0 Å². The first-order chi connectivity index (χ1) is 14.4. The second-order valence-corrected chi connectivity index (χ2v) is 7.50. The lowest BCUT2D eigenvalue weighted by Crippen LogP contribution is -2.37. The van der Waals surface area contributed by atoms with E-state index in [9.17, 15) is 14.4 Å². The van der Waals surface area contributed by atoms with Crippen LogP contribution in [0.15, 0.2) is 44.9 Å². The van der Waals surface area contributed by atoms with E-state index in [1.54, 1.807) is 44.6 Å². The number of aryl methyl sites for hydroxylation is 1. The van der Waals surface area contributed by atoms with Crippen LogP contribution in [0.1, 0.15) is 5.56 Å². The van der Waals surface area contributed by atoms with Crippen molar-refractivity contribution in [2.45, 2.75) is 11.5 Å². The number of ether oxygens (including phenoxy) is 2. The van der Waals surface area contributed by atoms with E-state index < -0.39 is 11.2 Å². The minimum absolute atomic E-state index is 0.0633. The minimum Gasteiger partial charge on any atom is -0.497 e. The summed E-state index contributed by atoms with van der Waals surface area (Å²) >= 11 is 1.20. The number of carbonyl (C=O) groups is 1. The van der Waals surface area contributed by atoms with Gasteiger partial charge in [0.15, 0.2) is 0 Å². The van der Waals surface area contributed by atoms with Gasteiger partial charge >= 0.3 is 5.69 Å². The molecule has 0 aliphatic heterocycles. The van der Waals surface area contributed by atoms with Gasteiger partial charge in [-0.15, -0.1) is 11.8 Å². The Morgan fingerprint density at radius 1 is 1.13 bits per heavy atom. The number of aromatic nitrogens is 3. The van der Waals surface area contributed by atoms with Crippen molar-refractivity contribution in [3.63, 3.8) is 0 Å². The van der Waals surface area contributed by atoms with E-state index in [0.717, 1.165) is 4.57 Å². The normalized spacial score (nSPS) is 10.9. The Bertz CT molecular complexity index is 1200. The van der Waals surface area contributed by atoms with Crippen molar-refractivity contribution in [3.05, 3.63) is 56.9 Å². The molecular weight excluding hydrogens is 408 g/mol. The summed E-state index contributed by atoms with van der Waals surface area (Å²) in [6.07, 6.45) is 1.56. The number of hydrogen-bond donors (Lipinski definition) is 1. The van der Waals surface area contributed by atoms with Gasteiger partial charge in [-0.05, 0) is 24.3 Å². The monoisotopic (exact) mass is 430 g/mol. The Balaban J connectivity index is 1.93. The van der Waals surface area contributed by atoms with Gasteiger partial charge in [0.05, 0.1) is 24.9 Å².